The number of ether oxygens (including phenoxy) is 1. The van der Waals surface area contributed by atoms with E-state index in [4.69, 9.17) is 16.3 Å². The Morgan fingerprint density at radius 3 is 2.95 bits per heavy atom. The minimum Gasteiger partial charge on any atom is -0.487 e. The third kappa shape index (κ3) is 4.06. The summed E-state index contributed by atoms with van der Waals surface area (Å²) in [7, 11) is 0. The molecule has 2 rings (SSSR count). The van der Waals surface area contributed by atoms with Crippen LogP contribution >= 0.6 is 11.6 Å². The van der Waals surface area contributed by atoms with Gasteiger partial charge in [-0.15, -0.1) is 0 Å². The van der Waals surface area contributed by atoms with Crippen molar-refractivity contribution in [2.24, 2.45) is 11.8 Å². The minimum absolute atomic E-state index is 0.119. The number of halogens is 3. The minimum atomic E-state index is -0.821. The van der Waals surface area contributed by atoms with Gasteiger partial charge in [0, 0.05) is 0 Å². The van der Waals surface area contributed by atoms with Crippen LogP contribution in [0.1, 0.15) is 26.2 Å². The van der Waals surface area contributed by atoms with Crippen molar-refractivity contribution in [1.29, 1.82) is 0 Å². The molecule has 1 aromatic carbocycles. The SMILES string of the molecule is CC(CCC1CCNC1)COc1c(F)ccc(Cl)c1F. The van der Waals surface area contributed by atoms with Crippen LogP contribution in [0.2, 0.25) is 5.02 Å². The molecule has 112 valence electrons. The zero-order valence-electron chi connectivity index (χ0n) is 11.6. The van der Waals surface area contributed by atoms with Crippen LogP contribution in [0.15, 0.2) is 12.1 Å². The van der Waals surface area contributed by atoms with Crippen molar-refractivity contribution in [1.82, 2.24) is 5.32 Å². The van der Waals surface area contributed by atoms with E-state index in [0.717, 1.165) is 37.9 Å². The highest BCUT2D eigenvalue weighted by molar-refractivity contribution is 6.30. The van der Waals surface area contributed by atoms with Crippen LogP contribution in [-0.2, 0) is 0 Å². The van der Waals surface area contributed by atoms with Crippen molar-refractivity contribution in [2.75, 3.05) is 19.7 Å². The Morgan fingerprint density at radius 1 is 1.45 bits per heavy atom. The monoisotopic (exact) mass is 303 g/mol. The van der Waals surface area contributed by atoms with Gasteiger partial charge < -0.3 is 10.1 Å². The zero-order chi connectivity index (χ0) is 14.5. The number of hydrogen-bond donors (Lipinski definition) is 1. The number of nitrogens with one attached hydrogen (secondary N) is 1. The molecule has 1 aliphatic heterocycles. The molecule has 1 heterocycles. The molecule has 2 atom stereocenters. The Bertz CT molecular complexity index is 450. The summed E-state index contributed by atoms with van der Waals surface area (Å²) in [5.41, 5.74) is 0. The van der Waals surface area contributed by atoms with E-state index in [0.29, 0.717) is 6.61 Å². The lowest BCUT2D eigenvalue weighted by Crippen LogP contribution is -2.13. The summed E-state index contributed by atoms with van der Waals surface area (Å²) < 4.78 is 32.4. The van der Waals surface area contributed by atoms with Crippen LogP contribution in [0.25, 0.3) is 0 Å². The largest absolute Gasteiger partial charge is 0.487 e. The molecule has 0 spiro atoms. The Morgan fingerprint density at radius 2 is 2.25 bits per heavy atom. The summed E-state index contributed by atoms with van der Waals surface area (Å²) in [5.74, 6) is -0.921. The molecule has 2 nitrogen and oxygen atoms in total. The second-order valence-electron chi connectivity index (χ2n) is 5.52. The van der Waals surface area contributed by atoms with Crippen molar-refractivity contribution in [3.05, 3.63) is 28.8 Å². The van der Waals surface area contributed by atoms with Crippen LogP contribution in [-0.4, -0.2) is 19.7 Å². The lowest BCUT2D eigenvalue weighted by atomic mass is 9.97. The van der Waals surface area contributed by atoms with Gasteiger partial charge in [0.2, 0.25) is 0 Å². The van der Waals surface area contributed by atoms with Crippen molar-refractivity contribution in [3.63, 3.8) is 0 Å². The van der Waals surface area contributed by atoms with E-state index < -0.39 is 11.6 Å². The fourth-order valence-corrected chi connectivity index (χ4v) is 2.58. The Kier molecular flexibility index (Phi) is 5.61. The summed E-state index contributed by atoms with van der Waals surface area (Å²) in [6.45, 7) is 4.50. The quantitative estimate of drug-likeness (QED) is 0.801. The molecular weight excluding hydrogens is 284 g/mol. The molecule has 1 aliphatic rings. The molecular formula is C15H20ClF2NO. The van der Waals surface area contributed by atoms with Crippen molar-refractivity contribution >= 4 is 11.6 Å². The summed E-state index contributed by atoms with van der Waals surface area (Å²) in [4.78, 5) is 0. The maximum atomic E-state index is 13.6. The van der Waals surface area contributed by atoms with Gasteiger partial charge in [0.05, 0.1) is 11.6 Å². The van der Waals surface area contributed by atoms with Crippen molar-refractivity contribution in [2.45, 2.75) is 26.2 Å². The smallest absolute Gasteiger partial charge is 0.192 e. The first-order valence-electron chi connectivity index (χ1n) is 7.05. The molecule has 2 unspecified atom stereocenters. The predicted molar refractivity (Wildman–Crippen MR) is 76.2 cm³/mol. The van der Waals surface area contributed by atoms with Crippen LogP contribution < -0.4 is 10.1 Å². The van der Waals surface area contributed by atoms with E-state index in [-0.39, 0.29) is 16.7 Å². The molecule has 5 heteroatoms. The average Bonchev–Trinajstić information content (AvgIpc) is 2.94. The standard InChI is InChI=1S/C15H20ClF2NO/c1-10(2-3-11-6-7-19-8-11)9-20-15-13(17)5-4-12(16)14(15)18/h4-5,10-11,19H,2-3,6-9H2,1H3. The van der Waals surface area contributed by atoms with Gasteiger partial charge >= 0.3 is 0 Å². The van der Waals surface area contributed by atoms with Crippen LogP contribution in [0, 0.1) is 23.5 Å². The molecule has 0 saturated carbocycles. The fourth-order valence-electron chi connectivity index (χ4n) is 2.43. The molecule has 0 bridgehead atoms. The summed E-state index contributed by atoms with van der Waals surface area (Å²) in [6.07, 6.45) is 3.33. The fraction of sp³-hybridized carbons (Fsp3) is 0.600. The lowest BCUT2D eigenvalue weighted by Gasteiger charge is -2.16. The average molecular weight is 304 g/mol. The van der Waals surface area contributed by atoms with Gasteiger partial charge in [-0.05, 0) is 56.3 Å². The molecule has 0 amide bonds. The van der Waals surface area contributed by atoms with E-state index in [9.17, 15) is 8.78 Å². The lowest BCUT2D eigenvalue weighted by molar-refractivity contribution is 0.225. The van der Waals surface area contributed by atoms with E-state index in [1.54, 1.807) is 0 Å². The predicted octanol–water partition coefficient (Wildman–Crippen LogP) is 4.02. The highest BCUT2D eigenvalue weighted by Crippen LogP contribution is 2.28. The molecule has 1 aromatic rings. The molecule has 0 radical (unpaired) electrons. The molecule has 1 saturated heterocycles. The third-order valence-corrected chi connectivity index (χ3v) is 4.04. The number of hydrogen-bond acceptors (Lipinski definition) is 2. The maximum absolute atomic E-state index is 13.6. The summed E-state index contributed by atoms with van der Waals surface area (Å²) in [5, 5.41) is 3.21. The Hall–Kier alpha value is -0.870. The summed E-state index contributed by atoms with van der Waals surface area (Å²) >= 11 is 5.62. The van der Waals surface area contributed by atoms with E-state index >= 15 is 0 Å². The van der Waals surface area contributed by atoms with Gasteiger partial charge in [-0.3, -0.25) is 0 Å². The topological polar surface area (TPSA) is 21.3 Å². The second-order valence-corrected chi connectivity index (χ2v) is 5.93. The molecule has 20 heavy (non-hydrogen) atoms. The Balaban J connectivity index is 1.80. The molecule has 0 aromatic heterocycles. The Labute approximate surface area is 123 Å². The molecule has 1 fully saturated rings. The first kappa shape index (κ1) is 15.5. The van der Waals surface area contributed by atoms with Crippen molar-refractivity contribution in [3.8, 4) is 5.75 Å². The third-order valence-electron chi connectivity index (χ3n) is 3.74. The van der Waals surface area contributed by atoms with Gasteiger partial charge in [-0.25, -0.2) is 8.78 Å². The maximum Gasteiger partial charge on any atom is 0.192 e. The number of benzene rings is 1. The zero-order valence-corrected chi connectivity index (χ0v) is 12.4. The van der Waals surface area contributed by atoms with Gasteiger partial charge in [-0.2, -0.15) is 0 Å². The first-order chi connectivity index (χ1) is 9.58. The van der Waals surface area contributed by atoms with Gasteiger partial charge in [0.15, 0.2) is 17.4 Å². The van der Waals surface area contributed by atoms with E-state index in [1.807, 2.05) is 6.92 Å². The first-order valence-corrected chi connectivity index (χ1v) is 7.42. The van der Waals surface area contributed by atoms with Crippen LogP contribution in [0.4, 0.5) is 8.78 Å². The van der Waals surface area contributed by atoms with Crippen LogP contribution in [0.3, 0.4) is 0 Å². The van der Waals surface area contributed by atoms with Gasteiger partial charge in [0.1, 0.15) is 0 Å². The summed E-state index contributed by atoms with van der Waals surface area (Å²) in [6, 6.07) is 2.31. The van der Waals surface area contributed by atoms with Gasteiger partial charge in [-0.1, -0.05) is 18.5 Å². The number of rotatable bonds is 6. The van der Waals surface area contributed by atoms with Crippen LogP contribution in [0.5, 0.6) is 5.75 Å². The molecule has 0 aliphatic carbocycles. The second kappa shape index (κ2) is 7.23. The van der Waals surface area contributed by atoms with Gasteiger partial charge in [0.25, 0.3) is 0 Å². The van der Waals surface area contributed by atoms with E-state index in [2.05, 4.69) is 5.32 Å². The highest BCUT2D eigenvalue weighted by Gasteiger charge is 2.18. The normalized spacial score (nSPS) is 20.1. The molecule has 1 N–H and O–H groups in total. The van der Waals surface area contributed by atoms with Crippen molar-refractivity contribution < 1.29 is 13.5 Å². The highest BCUT2D eigenvalue weighted by atomic mass is 35.5. The van der Waals surface area contributed by atoms with E-state index in [1.165, 1.54) is 12.5 Å².